The van der Waals surface area contributed by atoms with Gasteiger partial charge in [0.05, 0.1) is 10.6 Å². The van der Waals surface area contributed by atoms with E-state index in [1.54, 1.807) is 42.7 Å². The lowest BCUT2D eigenvalue weighted by Gasteiger charge is -2.08. The topological polar surface area (TPSA) is 76.7 Å². The molecule has 0 aliphatic heterocycles. The molecule has 6 heteroatoms. The number of allylic oxidation sites excluding steroid dienone is 1. The SMILES string of the molecule is CSC(NC(=O)c1ccccc1Cl)=C(C#N)C#N. The standard InChI is InChI=1S/C12H8ClN3OS/c1-18-12(8(6-14)7-15)16-11(17)9-4-2-3-5-10(9)13/h2-5H,1H3,(H,16,17). The molecule has 1 N–H and O–H groups in total. The highest BCUT2D eigenvalue weighted by Crippen LogP contribution is 2.18. The number of nitrogens with one attached hydrogen (secondary N) is 1. The molecule has 0 bridgehead atoms. The van der Waals surface area contributed by atoms with Crippen molar-refractivity contribution >= 4 is 29.3 Å². The molecule has 0 radical (unpaired) electrons. The van der Waals surface area contributed by atoms with Gasteiger partial charge in [0.25, 0.3) is 5.91 Å². The maximum Gasteiger partial charge on any atom is 0.257 e. The number of nitrogens with zero attached hydrogens (tertiary/aromatic N) is 2. The lowest BCUT2D eigenvalue weighted by Crippen LogP contribution is -2.22. The fourth-order valence-corrected chi connectivity index (χ4v) is 1.87. The van der Waals surface area contributed by atoms with Crippen LogP contribution in [0.1, 0.15) is 10.4 Å². The monoisotopic (exact) mass is 277 g/mol. The number of hydrogen-bond acceptors (Lipinski definition) is 4. The molecule has 0 unspecified atom stereocenters. The van der Waals surface area contributed by atoms with Crippen LogP contribution in [0.5, 0.6) is 0 Å². The van der Waals surface area contributed by atoms with Crippen molar-refractivity contribution in [2.24, 2.45) is 0 Å². The number of carbonyl (C=O) groups excluding carboxylic acids is 1. The Morgan fingerprint density at radius 1 is 1.33 bits per heavy atom. The molecule has 18 heavy (non-hydrogen) atoms. The minimum Gasteiger partial charge on any atom is -0.315 e. The number of amides is 1. The first-order valence-corrected chi connectivity index (χ1v) is 6.38. The van der Waals surface area contributed by atoms with Crippen LogP contribution in [0.2, 0.25) is 5.02 Å². The Kier molecular flexibility index (Phi) is 5.26. The first-order chi connectivity index (χ1) is 8.63. The molecule has 0 aliphatic rings. The van der Waals surface area contributed by atoms with E-state index in [4.69, 9.17) is 22.1 Å². The lowest BCUT2D eigenvalue weighted by molar-refractivity contribution is 0.0969. The van der Waals surface area contributed by atoms with Gasteiger partial charge in [-0.05, 0) is 18.4 Å². The van der Waals surface area contributed by atoms with E-state index < -0.39 is 5.91 Å². The van der Waals surface area contributed by atoms with Gasteiger partial charge >= 0.3 is 0 Å². The predicted octanol–water partition coefficient (Wildman–Crippen LogP) is 2.69. The molecule has 0 fully saturated rings. The van der Waals surface area contributed by atoms with Gasteiger partial charge < -0.3 is 5.32 Å². The fraction of sp³-hybridized carbons (Fsp3) is 0.0833. The summed E-state index contributed by atoms with van der Waals surface area (Å²) in [5, 5.41) is 20.5. The molecule has 0 saturated heterocycles. The van der Waals surface area contributed by atoms with Crippen molar-refractivity contribution < 1.29 is 4.79 Å². The Hall–Kier alpha value is -1.95. The van der Waals surface area contributed by atoms with E-state index in [1.807, 2.05) is 0 Å². The van der Waals surface area contributed by atoms with E-state index in [1.165, 1.54) is 0 Å². The Balaban J connectivity index is 3.03. The van der Waals surface area contributed by atoms with Gasteiger partial charge in [-0.2, -0.15) is 10.5 Å². The summed E-state index contributed by atoms with van der Waals surface area (Å²) in [4.78, 5) is 11.9. The predicted molar refractivity (Wildman–Crippen MR) is 70.7 cm³/mol. The largest absolute Gasteiger partial charge is 0.315 e. The fourth-order valence-electron chi connectivity index (χ4n) is 1.16. The molecule has 0 aliphatic carbocycles. The Bertz CT molecular complexity index is 568. The zero-order valence-electron chi connectivity index (χ0n) is 9.40. The summed E-state index contributed by atoms with van der Waals surface area (Å²) in [6.07, 6.45) is 1.66. The maximum absolute atomic E-state index is 11.9. The summed E-state index contributed by atoms with van der Waals surface area (Å²) < 4.78 is 0. The van der Waals surface area contributed by atoms with Gasteiger partial charge in [0.2, 0.25) is 0 Å². The van der Waals surface area contributed by atoms with Gasteiger partial charge in [0, 0.05) is 0 Å². The summed E-state index contributed by atoms with van der Waals surface area (Å²) in [6.45, 7) is 0. The summed E-state index contributed by atoms with van der Waals surface area (Å²) >= 11 is 6.99. The highest BCUT2D eigenvalue weighted by atomic mass is 35.5. The highest BCUT2D eigenvalue weighted by Gasteiger charge is 2.13. The van der Waals surface area contributed by atoms with Crippen molar-refractivity contribution in [2.75, 3.05) is 6.26 Å². The molecule has 4 nitrogen and oxygen atoms in total. The van der Waals surface area contributed by atoms with Crippen LogP contribution in [0.3, 0.4) is 0 Å². The molecular weight excluding hydrogens is 270 g/mol. The molecule has 0 aromatic heterocycles. The number of benzene rings is 1. The minimum atomic E-state index is -0.451. The number of thioether (sulfide) groups is 1. The maximum atomic E-state index is 11.9. The third-order valence-corrected chi connectivity index (χ3v) is 3.04. The normalized spacial score (nSPS) is 8.89. The van der Waals surface area contributed by atoms with Crippen molar-refractivity contribution in [1.82, 2.24) is 5.32 Å². The summed E-state index contributed by atoms with van der Waals surface area (Å²) in [7, 11) is 0. The Morgan fingerprint density at radius 2 is 1.94 bits per heavy atom. The lowest BCUT2D eigenvalue weighted by atomic mass is 10.2. The van der Waals surface area contributed by atoms with Crippen LogP contribution in [0.4, 0.5) is 0 Å². The Labute approximate surface area is 114 Å². The third-order valence-electron chi connectivity index (χ3n) is 2.00. The van der Waals surface area contributed by atoms with Crippen LogP contribution in [-0.2, 0) is 0 Å². The number of nitriles is 2. The van der Waals surface area contributed by atoms with Gasteiger partial charge in [-0.15, -0.1) is 11.8 Å². The van der Waals surface area contributed by atoms with Gasteiger partial charge in [-0.3, -0.25) is 4.79 Å². The quantitative estimate of drug-likeness (QED) is 0.862. The molecule has 1 rings (SSSR count). The van der Waals surface area contributed by atoms with Crippen molar-refractivity contribution in [2.45, 2.75) is 0 Å². The number of hydrogen-bond donors (Lipinski definition) is 1. The first kappa shape index (κ1) is 14.1. The smallest absolute Gasteiger partial charge is 0.257 e. The molecule has 1 aromatic rings. The van der Waals surface area contributed by atoms with Crippen LogP contribution in [-0.4, -0.2) is 12.2 Å². The van der Waals surface area contributed by atoms with E-state index >= 15 is 0 Å². The molecule has 0 spiro atoms. The summed E-state index contributed by atoms with van der Waals surface area (Å²) in [5.74, 6) is -0.451. The molecule has 0 atom stereocenters. The second-order valence-corrected chi connectivity index (χ2v) is 4.29. The van der Waals surface area contributed by atoms with Gasteiger partial charge in [-0.25, -0.2) is 0 Å². The summed E-state index contributed by atoms with van der Waals surface area (Å²) in [6, 6.07) is 9.99. The second-order valence-electron chi connectivity index (χ2n) is 3.07. The molecule has 1 amide bonds. The number of halogens is 1. The van der Waals surface area contributed by atoms with Crippen molar-refractivity contribution in [3.63, 3.8) is 0 Å². The molecule has 0 saturated carbocycles. The van der Waals surface area contributed by atoms with Gasteiger partial charge in [-0.1, -0.05) is 23.7 Å². The van der Waals surface area contributed by atoms with Crippen molar-refractivity contribution in [3.05, 3.63) is 45.5 Å². The van der Waals surface area contributed by atoms with Crippen LogP contribution in [0.15, 0.2) is 34.9 Å². The molecule has 1 aromatic carbocycles. The van der Waals surface area contributed by atoms with Gasteiger partial charge in [0.15, 0.2) is 5.57 Å². The van der Waals surface area contributed by atoms with Crippen LogP contribution >= 0.6 is 23.4 Å². The minimum absolute atomic E-state index is 0.136. The zero-order valence-corrected chi connectivity index (χ0v) is 11.0. The molecule has 0 heterocycles. The van der Waals surface area contributed by atoms with Crippen LogP contribution in [0.25, 0.3) is 0 Å². The number of carbonyl (C=O) groups is 1. The van der Waals surface area contributed by atoms with E-state index in [0.717, 1.165) is 11.8 Å². The average molecular weight is 278 g/mol. The Morgan fingerprint density at radius 3 is 2.44 bits per heavy atom. The van der Waals surface area contributed by atoms with Crippen LogP contribution < -0.4 is 5.32 Å². The zero-order chi connectivity index (χ0) is 13.5. The van der Waals surface area contributed by atoms with E-state index in [-0.39, 0.29) is 10.6 Å². The van der Waals surface area contributed by atoms with E-state index in [9.17, 15) is 4.79 Å². The summed E-state index contributed by atoms with van der Waals surface area (Å²) in [5.41, 5.74) is 0.156. The first-order valence-electron chi connectivity index (χ1n) is 4.78. The number of rotatable bonds is 3. The second kappa shape index (κ2) is 6.70. The van der Waals surface area contributed by atoms with E-state index in [2.05, 4.69) is 5.32 Å². The van der Waals surface area contributed by atoms with Crippen molar-refractivity contribution in [1.29, 1.82) is 10.5 Å². The third kappa shape index (κ3) is 3.27. The van der Waals surface area contributed by atoms with Crippen LogP contribution in [0, 0.1) is 22.7 Å². The van der Waals surface area contributed by atoms with Crippen molar-refractivity contribution in [3.8, 4) is 12.1 Å². The molecule has 90 valence electrons. The molecular formula is C12H8ClN3OS. The van der Waals surface area contributed by atoms with E-state index in [0.29, 0.717) is 10.6 Å². The van der Waals surface area contributed by atoms with Gasteiger partial charge in [0.1, 0.15) is 17.2 Å². The average Bonchev–Trinajstić information content (AvgIpc) is 2.39. The highest BCUT2D eigenvalue weighted by molar-refractivity contribution is 8.02.